The van der Waals surface area contributed by atoms with Crippen molar-refractivity contribution in [2.24, 2.45) is 28.2 Å². The van der Waals surface area contributed by atoms with E-state index in [1.807, 2.05) is 0 Å². The van der Waals surface area contributed by atoms with Crippen LogP contribution in [0.4, 0.5) is 0 Å². The summed E-state index contributed by atoms with van der Waals surface area (Å²) in [6.07, 6.45) is 0. The summed E-state index contributed by atoms with van der Waals surface area (Å²) in [7, 11) is 5.05. The Morgan fingerprint density at radius 3 is 2.03 bits per heavy atom. The highest BCUT2D eigenvalue weighted by Gasteiger charge is 2.41. The van der Waals surface area contributed by atoms with E-state index >= 15 is 0 Å². The number of hydrogen-bond acceptors (Lipinski definition) is 8. The van der Waals surface area contributed by atoms with Crippen molar-refractivity contribution in [3.05, 3.63) is 93.1 Å². The van der Waals surface area contributed by atoms with Crippen LogP contribution < -0.4 is 32.9 Å². The lowest BCUT2D eigenvalue weighted by Crippen LogP contribution is -2.44. The van der Waals surface area contributed by atoms with Crippen molar-refractivity contribution >= 4 is 11.0 Å². The van der Waals surface area contributed by atoms with Crippen molar-refractivity contribution < 1.29 is 14.3 Å². The number of ether oxygens (including phenoxy) is 1. The molecule has 12 heteroatoms. The van der Waals surface area contributed by atoms with E-state index in [0.717, 1.165) is 18.3 Å². The predicted octanol–water partition coefficient (Wildman–Crippen LogP) is -0.421. The number of aromatic hydroxyl groups is 1. The molecule has 1 unspecified atom stereocenters. The molecule has 1 aromatic carbocycles. The second kappa shape index (κ2) is 6.94. The average Bonchev–Trinajstić information content (AvgIpc) is 2.83. The van der Waals surface area contributed by atoms with Gasteiger partial charge in [-0.05, 0) is 12.1 Å². The fraction of sp³-hybridized carbons (Fsp3) is 0.227. The van der Waals surface area contributed by atoms with Crippen molar-refractivity contribution in [2.75, 3.05) is 0 Å². The molecule has 4 aromatic rings. The summed E-state index contributed by atoms with van der Waals surface area (Å²) in [5.74, 6) is -2.45. The van der Waals surface area contributed by atoms with Gasteiger partial charge in [0.2, 0.25) is 11.8 Å². The SMILES string of the molecule is Cn1c(O)c(C2c3c(c4ccccc4oc3=O)Oc3c2c(=O)n(C)c(=O)n3C)c(=O)n(C)c1=O. The normalized spacial score (nSPS) is 14.5. The smallest absolute Gasteiger partial charge is 0.344 e. The van der Waals surface area contributed by atoms with E-state index in [1.165, 1.54) is 34.3 Å². The quantitative estimate of drug-likeness (QED) is 0.328. The third-order valence-electron chi connectivity index (χ3n) is 6.18. The van der Waals surface area contributed by atoms with Gasteiger partial charge >= 0.3 is 17.0 Å². The summed E-state index contributed by atoms with van der Waals surface area (Å²) in [6.45, 7) is 0. The Kier molecular flexibility index (Phi) is 4.34. The van der Waals surface area contributed by atoms with Gasteiger partial charge in [-0.25, -0.2) is 14.4 Å². The lowest BCUT2D eigenvalue weighted by Gasteiger charge is -2.29. The highest BCUT2D eigenvalue weighted by molar-refractivity contribution is 5.86. The number of nitrogens with zero attached hydrogens (tertiary/aromatic N) is 4. The van der Waals surface area contributed by atoms with Gasteiger partial charge in [-0.2, -0.15) is 0 Å². The van der Waals surface area contributed by atoms with Crippen LogP contribution >= 0.6 is 0 Å². The van der Waals surface area contributed by atoms with Gasteiger partial charge in [0.15, 0.2) is 5.75 Å². The van der Waals surface area contributed by atoms with Crippen molar-refractivity contribution in [3.8, 4) is 17.5 Å². The van der Waals surface area contributed by atoms with Gasteiger partial charge in [0.1, 0.15) is 5.58 Å². The van der Waals surface area contributed by atoms with E-state index in [4.69, 9.17) is 9.15 Å². The molecular formula is C22H18N4O8. The number of rotatable bonds is 1. The Labute approximate surface area is 188 Å². The number of aromatic nitrogens is 4. The Balaban J connectivity index is 2.07. The van der Waals surface area contributed by atoms with Crippen molar-refractivity contribution in [1.29, 1.82) is 0 Å². The molecule has 1 N–H and O–H groups in total. The predicted molar refractivity (Wildman–Crippen MR) is 119 cm³/mol. The van der Waals surface area contributed by atoms with E-state index in [0.29, 0.717) is 5.39 Å². The molecule has 0 saturated heterocycles. The molecule has 0 bridgehead atoms. The summed E-state index contributed by atoms with van der Waals surface area (Å²) in [5, 5.41) is 11.2. The maximum absolute atomic E-state index is 13.3. The van der Waals surface area contributed by atoms with E-state index in [9.17, 15) is 29.1 Å². The molecule has 174 valence electrons. The Morgan fingerprint density at radius 2 is 1.35 bits per heavy atom. The van der Waals surface area contributed by atoms with Crippen LogP contribution in [0.3, 0.4) is 0 Å². The molecule has 0 fully saturated rings. The minimum atomic E-state index is -1.49. The molecule has 4 heterocycles. The van der Waals surface area contributed by atoms with Crippen LogP contribution in [0.2, 0.25) is 0 Å². The molecule has 1 aliphatic heterocycles. The Hall–Kier alpha value is -4.61. The van der Waals surface area contributed by atoms with E-state index < -0.39 is 45.5 Å². The molecular weight excluding hydrogens is 448 g/mol. The molecule has 0 aliphatic carbocycles. The van der Waals surface area contributed by atoms with Gasteiger partial charge < -0.3 is 14.3 Å². The van der Waals surface area contributed by atoms with Crippen molar-refractivity contribution in [1.82, 2.24) is 18.3 Å². The largest absolute Gasteiger partial charge is 0.494 e. The zero-order valence-corrected chi connectivity index (χ0v) is 18.5. The minimum Gasteiger partial charge on any atom is -0.494 e. The molecule has 0 spiro atoms. The van der Waals surface area contributed by atoms with E-state index in [2.05, 4.69) is 0 Å². The number of benzene rings is 1. The standard InChI is InChI=1S/C22H18N4O8/c1-23-16(27)13(17(28)24(2)21(23)31)11-12-15(9-7-5-6-8-10(9)33-20(12)30)34-19-14(11)18(29)25(3)22(32)26(19)4/h5-8,11,27H,1-4H3. The van der Waals surface area contributed by atoms with Crippen LogP contribution in [-0.2, 0) is 28.2 Å². The summed E-state index contributed by atoms with van der Waals surface area (Å²) in [5.41, 5.74) is -4.85. The zero-order valence-electron chi connectivity index (χ0n) is 18.5. The molecule has 5 rings (SSSR count). The molecule has 0 radical (unpaired) electrons. The van der Waals surface area contributed by atoms with Crippen LogP contribution in [0, 0.1) is 0 Å². The summed E-state index contributed by atoms with van der Waals surface area (Å²) < 4.78 is 14.8. The topological polar surface area (TPSA) is 148 Å². The molecule has 1 atom stereocenters. The number of para-hydroxylation sites is 1. The van der Waals surface area contributed by atoms with Crippen LogP contribution in [-0.4, -0.2) is 23.4 Å². The second-order valence-corrected chi connectivity index (χ2v) is 8.03. The number of fused-ring (bicyclic) bond motifs is 4. The van der Waals surface area contributed by atoms with Gasteiger partial charge in [-0.1, -0.05) is 12.1 Å². The fourth-order valence-corrected chi connectivity index (χ4v) is 4.36. The Morgan fingerprint density at radius 1 is 0.765 bits per heavy atom. The summed E-state index contributed by atoms with van der Waals surface area (Å²) in [6, 6.07) is 6.46. The van der Waals surface area contributed by atoms with Gasteiger partial charge in [0.05, 0.1) is 28.0 Å². The van der Waals surface area contributed by atoms with E-state index in [-0.39, 0.29) is 28.3 Å². The first-order valence-electron chi connectivity index (χ1n) is 10.1. The van der Waals surface area contributed by atoms with Crippen LogP contribution in [0.25, 0.3) is 11.0 Å². The summed E-state index contributed by atoms with van der Waals surface area (Å²) >= 11 is 0. The third-order valence-corrected chi connectivity index (χ3v) is 6.18. The van der Waals surface area contributed by atoms with Crippen molar-refractivity contribution in [2.45, 2.75) is 5.92 Å². The molecule has 12 nitrogen and oxygen atoms in total. The van der Waals surface area contributed by atoms with Crippen LogP contribution in [0.5, 0.6) is 17.5 Å². The number of hydrogen-bond donors (Lipinski definition) is 1. The van der Waals surface area contributed by atoms with Crippen LogP contribution in [0.15, 0.2) is 52.7 Å². The highest BCUT2D eigenvalue weighted by Crippen LogP contribution is 2.47. The molecule has 0 saturated carbocycles. The average molecular weight is 466 g/mol. The first-order valence-corrected chi connectivity index (χ1v) is 10.1. The lowest BCUT2D eigenvalue weighted by atomic mass is 9.85. The first kappa shape index (κ1) is 21.2. The highest BCUT2D eigenvalue weighted by atomic mass is 16.5. The minimum absolute atomic E-state index is 0.0251. The lowest BCUT2D eigenvalue weighted by molar-refractivity contribution is 0.376. The monoisotopic (exact) mass is 466 g/mol. The molecule has 1 aliphatic rings. The van der Waals surface area contributed by atoms with Gasteiger partial charge in [0, 0.05) is 28.2 Å². The molecule has 34 heavy (non-hydrogen) atoms. The van der Waals surface area contributed by atoms with Gasteiger partial charge in [-0.3, -0.25) is 27.9 Å². The zero-order chi connectivity index (χ0) is 24.6. The second-order valence-electron chi connectivity index (χ2n) is 8.03. The fourth-order valence-electron chi connectivity index (χ4n) is 4.36. The third kappa shape index (κ3) is 2.56. The summed E-state index contributed by atoms with van der Waals surface area (Å²) in [4.78, 5) is 64.7. The first-order chi connectivity index (χ1) is 16.1. The van der Waals surface area contributed by atoms with Gasteiger partial charge in [-0.15, -0.1) is 0 Å². The van der Waals surface area contributed by atoms with Crippen molar-refractivity contribution in [3.63, 3.8) is 0 Å². The molecule has 3 aromatic heterocycles. The maximum atomic E-state index is 13.3. The maximum Gasteiger partial charge on any atom is 0.344 e. The molecule has 0 amide bonds. The van der Waals surface area contributed by atoms with Gasteiger partial charge in [0.25, 0.3) is 11.1 Å². The van der Waals surface area contributed by atoms with E-state index in [1.54, 1.807) is 18.2 Å². The Bertz CT molecular complexity index is 1820. The van der Waals surface area contributed by atoms with Crippen LogP contribution in [0.1, 0.15) is 22.6 Å².